The lowest BCUT2D eigenvalue weighted by atomic mass is 10.1. The Morgan fingerprint density at radius 3 is 2.59 bits per heavy atom. The smallest absolute Gasteiger partial charge is 0.209 e. The van der Waals surface area contributed by atoms with E-state index in [1.165, 1.54) is 11.1 Å². The van der Waals surface area contributed by atoms with Crippen molar-refractivity contribution in [3.05, 3.63) is 20.8 Å². The molecule has 0 bridgehead atoms. The van der Waals surface area contributed by atoms with Crippen LogP contribution in [-0.4, -0.2) is 26.8 Å². The van der Waals surface area contributed by atoms with E-state index in [2.05, 4.69) is 32.0 Å². The third-order valence-corrected chi connectivity index (χ3v) is 4.57. The number of hydrogen-bond donors (Lipinski definition) is 2. The Balaban J connectivity index is 2.40. The maximum Gasteiger partial charge on any atom is 0.209 e. The number of thiophene rings is 1. The molecule has 0 saturated heterocycles. The topological polar surface area (TPSA) is 58.2 Å². The van der Waals surface area contributed by atoms with Crippen molar-refractivity contribution < 1.29 is 8.42 Å². The molecule has 0 fully saturated rings. The molecule has 0 spiro atoms. The van der Waals surface area contributed by atoms with Gasteiger partial charge in [0.15, 0.2) is 0 Å². The molecule has 17 heavy (non-hydrogen) atoms. The van der Waals surface area contributed by atoms with Gasteiger partial charge in [-0.2, -0.15) is 0 Å². The van der Waals surface area contributed by atoms with Gasteiger partial charge in [0, 0.05) is 33.4 Å². The molecule has 0 radical (unpaired) electrons. The molecule has 2 N–H and O–H groups in total. The van der Waals surface area contributed by atoms with Crippen LogP contribution in [0.5, 0.6) is 0 Å². The van der Waals surface area contributed by atoms with E-state index in [0.717, 1.165) is 11.0 Å². The summed E-state index contributed by atoms with van der Waals surface area (Å²) in [5.41, 5.74) is -0.484. The van der Waals surface area contributed by atoms with Gasteiger partial charge in [0.05, 0.1) is 6.26 Å². The number of halogens is 1. The Morgan fingerprint density at radius 2 is 2.12 bits per heavy atom. The zero-order valence-electron chi connectivity index (χ0n) is 10.1. The fraction of sp³-hybridized carbons (Fsp3) is 0.600. The predicted molar refractivity (Wildman–Crippen MR) is 75.8 cm³/mol. The second-order valence-electron chi connectivity index (χ2n) is 4.59. The zero-order chi connectivity index (χ0) is 13.1. The van der Waals surface area contributed by atoms with Gasteiger partial charge in [-0.3, -0.25) is 0 Å². The summed E-state index contributed by atoms with van der Waals surface area (Å²) in [6, 6.07) is 2.05. The van der Waals surface area contributed by atoms with Crippen molar-refractivity contribution >= 4 is 37.3 Å². The van der Waals surface area contributed by atoms with Gasteiger partial charge in [-0.1, -0.05) is 0 Å². The standard InChI is InChI=1S/C10H17BrN2O2S2/c1-10(2,13-17(3,14)15)7-12-5-9-4-8(11)6-16-9/h4,6,12-13H,5,7H2,1-3H3. The normalized spacial score (nSPS) is 12.9. The van der Waals surface area contributed by atoms with Gasteiger partial charge in [-0.25, -0.2) is 13.1 Å². The van der Waals surface area contributed by atoms with Gasteiger partial charge in [0.2, 0.25) is 10.0 Å². The van der Waals surface area contributed by atoms with Crippen LogP contribution in [0.15, 0.2) is 15.9 Å². The first-order valence-electron chi connectivity index (χ1n) is 5.10. The first kappa shape index (κ1) is 15.1. The SMILES string of the molecule is CC(C)(CNCc1cc(Br)cs1)NS(C)(=O)=O. The molecule has 7 heteroatoms. The van der Waals surface area contributed by atoms with Gasteiger partial charge in [-0.15, -0.1) is 11.3 Å². The number of hydrogen-bond acceptors (Lipinski definition) is 4. The highest BCUT2D eigenvalue weighted by Crippen LogP contribution is 2.19. The molecule has 0 unspecified atom stereocenters. The first-order valence-corrected chi connectivity index (χ1v) is 8.67. The summed E-state index contributed by atoms with van der Waals surface area (Å²) < 4.78 is 25.9. The molecule has 1 rings (SSSR count). The number of nitrogens with one attached hydrogen (secondary N) is 2. The van der Waals surface area contributed by atoms with E-state index in [1.807, 2.05) is 19.2 Å². The molecule has 0 aliphatic heterocycles. The van der Waals surface area contributed by atoms with Crippen LogP contribution in [0, 0.1) is 0 Å². The average molecular weight is 341 g/mol. The molecule has 98 valence electrons. The zero-order valence-corrected chi connectivity index (χ0v) is 13.3. The van der Waals surface area contributed by atoms with Crippen molar-refractivity contribution in [2.45, 2.75) is 25.9 Å². The van der Waals surface area contributed by atoms with Gasteiger partial charge in [0.1, 0.15) is 0 Å². The Hall–Kier alpha value is 0.0500. The van der Waals surface area contributed by atoms with Crippen LogP contribution >= 0.6 is 27.3 Å². The fourth-order valence-electron chi connectivity index (χ4n) is 1.48. The van der Waals surface area contributed by atoms with Crippen LogP contribution in [0.25, 0.3) is 0 Å². The summed E-state index contributed by atoms with van der Waals surface area (Å²) in [5, 5.41) is 5.27. The summed E-state index contributed by atoms with van der Waals surface area (Å²) in [7, 11) is -3.17. The third-order valence-electron chi connectivity index (χ3n) is 1.95. The van der Waals surface area contributed by atoms with E-state index in [9.17, 15) is 8.42 Å². The van der Waals surface area contributed by atoms with Crippen molar-refractivity contribution in [2.75, 3.05) is 12.8 Å². The molecule has 0 aromatic carbocycles. The second kappa shape index (κ2) is 5.79. The number of sulfonamides is 1. The summed E-state index contributed by atoms with van der Waals surface area (Å²) in [6.45, 7) is 5.03. The minimum absolute atomic E-state index is 0.484. The van der Waals surface area contributed by atoms with Crippen molar-refractivity contribution in [3.63, 3.8) is 0 Å². The fourth-order valence-corrected chi connectivity index (χ4v) is 3.98. The summed E-state index contributed by atoms with van der Waals surface area (Å²) in [5.74, 6) is 0. The molecule has 1 heterocycles. The van der Waals surface area contributed by atoms with Crippen LogP contribution in [0.4, 0.5) is 0 Å². The average Bonchev–Trinajstić information content (AvgIpc) is 2.46. The van der Waals surface area contributed by atoms with E-state index >= 15 is 0 Å². The Morgan fingerprint density at radius 1 is 1.47 bits per heavy atom. The lowest BCUT2D eigenvalue weighted by Crippen LogP contribution is -2.49. The highest BCUT2D eigenvalue weighted by Gasteiger charge is 2.21. The van der Waals surface area contributed by atoms with Crippen molar-refractivity contribution in [3.8, 4) is 0 Å². The molecule has 0 aliphatic carbocycles. The lowest BCUT2D eigenvalue weighted by molar-refractivity contribution is 0.422. The predicted octanol–water partition coefficient (Wildman–Crippen LogP) is 1.93. The van der Waals surface area contributed by atoms with Crippen molar-refractivity contribution in [2.24, 2.45) is 0 Å². The molecule has 1 aromatic rings. The molecule has 0 aliphatic rings. The summed E-state index contributed by atoms with van der Waals surface area (Å²) in [4.78, 5) is 1.21. The number of rotatable bonds is 6. The monoisotopic (exact) mass is 340 g/mol. The Kier molecular flexibility index (Phi) is 5.15. The Labute approximate surface area is 115 Å². The molecule has 1 aromatic heterocycles. The van der Waals surface area contributed by atoms with E-state index in [0.29, 0.717) is 6.54 Å². The maximum atomic E-state index is 11.1. The minimum Gasteiger partial charge on any atom is -0.310 e. The summed E-state index contributed by atoms with van der Waals surface area (Å²) in [6.07, 6.45) is 1.17. The van der Waals surface area contributed by atoms with Crippen LogP contribution in [0.1, 0.15) is 18.7 Å². The first-order chi connectivity index (χ1) is 7.68. The second-order valence-corrected chi connectivity index (χ2v) is 8.25. The van der Waals surface area contributed by atoms with Gasteiger partial charge >= 0.3 is 0 Å². The molecule has 0 amide bonds. The molecule has 0 atom stereocenters. The van der Waals surface area contributed by atoms with Crippen LogP contribution in [0.3, 0.4) is 0 Å². The molecular formula is C10H17BrN2O2S2. The van der Waals surface area contributed by atoms with Crippen LogP contribution in [0.2, 0.25) is 0 Å². The highest BCUT2D eigenvalue weighted by atomic mass is 79.9. The summed E-state index contributed by atoms with van der Waals surface area (Å²) >= 11 is 5.06. The van der Waals surface area contributed by atoms with Crippen LogP contribution in [-0.2, 0) is 16.6 Å². The highest BCUT2D eigenvalue weighted by molar-refractivity contribution is 9.10. The molecule has 0 saturated carbocycles. The van der Waals surface area contributed by atoms with E-state index in [-0.39, 0.29) is 0 Å². The molecular weight excluding hydrogens is 324 g/mol. The van der Waals surface area contributed by atoms with Gasteiger partial charge < -0.3 is 5.32 Å². The lowest BCUT2D eigenvalue weighted by Gasteiger charge is -2.25. The van der Waals surface area contributed by atoms with Gasteiger partial charge in [-0.05, 0) is 35.8 Å². The van der Waals surface area contributed by atoms with Crippen molar-refractivity contribution in [1.29, 1.82) is 0 Å². The minimum atomic E-state index is -3.17. The largest absolute Gasteiger partial charge is 0.310 e. The van der Waals surface area contributed by atoms with E-state index in [4.69, 9.17) is 0 Å². The van der Waals surface area contributed by atoms with Crippen molar-refractivity contribution in [1.82, 2.24) is 10.0 Å². The van der Waals surface area contributed by atoms with Crippen LogP contribution < -0.4 is 10.0 Å². The quantitative estimate of drug-likeness (QED) is 0.831. The molecule has 4 nitrogen and oxygen atoms in total. The van der Waals surface area contributed by atoms with Gasteiger partial charge in [0.25, 0.3) is 0 Å². The van der Waals surface area contributed by atoms with E-state index < -0.39 is 15.6 Å². The van der Waals surface area contributed by atoms with E-state index in [1.54, 1.807) is 11.3 Å². The Bertz CT molecular complexity index is 468. The maximum absolute atomic E-state index is 11.1. The third kappa shape index (κ3) is 6.52.